The Morgan fingerprint density at radius 1 is 1.21 bits per heavy atom. The molecular formula is C22H25N5O. The van der Waals surface area contributed by atoms with Crippen LogP contribution in [0.2, 0.25) is 0 Å². The molecular weight excluding hydrogens is 350 g/mol. The number of piperidine rings is 1. The van der Waals surface area contributed by atoms with E-state index < -0.39 is 0 Å². The highest BCUT2D eigenvalue weighted by Crippen LogP contribution is 2.20. The maximum Gasteiger partial charge on any atom is 0.251 e. The molecule has 1 aliphatic heterocycles. The molecule has 0 radical (unpaired) electrons. The molecule has 1 amide bonds. The summed E-state index contributed by atoms with van der Waals surface area (Å²) in [5.41, 5.74) is 3.91. The van der Waals surface area contributed by atoms with E-state index >= 15 is 0 Å². The summed E-state index contributed by atoms with van der Waals surface area (Å²) in [4.78, 5) is 19.4. The second kappa shape index (κ2) is 8.35. The smallest absolute Gasteiger partial charge is 0.251 e. The van der Waals surface area contributed by atoms with Gasteiger partial charge in [-0.15, -0.1) is 0 Å². The zero-order valence-corrected chi connectivity index (χ0v) is 16.1. The number of aryl methyl sites for hydroxylation is 1. The van der Waals surface area contributed by atoms with Crippen molar-refractivity contribution in [2.45, 2.75) is 25.4 Å². The number of rotatable bonds is 5. The minimum Gasteiger partial charge on any atom is -0.348 e. The average molecular weight is 375 g/mol. The van der Waals surface area contributed by atoms with E-state index in [1.54, 1.807) is 10.9 Å². The molecule has 1 fully saturated rings. The number of carbonyl (C=O) groups excluding carboxylic acids is 1. The number of nitrogens with one attached hydrogen (secondary N) is 1. The topological polar surface area (TPSA) is 63.1 Å². The van der Waals surface area contributed by atoms with E-state index in [1.165, 1.54) is 5.56 Å². The lowest BCUT2D eigenvalue weighted by Gasteiger charge is -2.33. The lowest BCUT2D eigenvalue weighted by Crippen LogP contribution is -2.47. The quantitative estimate of drug-likeness (QED) is 0.745. The third-order valence-electron chi connectivity index (χ3n) is 5.13. The molecule has 1 unspecified atom stereocenters. The monoisotopic (exact) mass is 375 g/mol. The fraction of sp³-hybridized carbons (Fsp3) is 0.318. The van der Waals surface area contributed by atoms with Crippen molar-refractivity contribution in [1.29, 1.82) is 0 Å². The zero-order valence-electron chi connectivity index (χ0n) is 16.1. The van der Waals surface area contributed by atoms with Gasteiger partial charge in [0.25, 0.3) is 5.91 Å². The summed E-state index contributed by atoms with van der Waals surface area (Å²) >= 11 is 0. The van der Waals surface area contributed by atoms with Crippen molar-refractivity contribution < 1.29 is 4.79 Å². The van der Waals surface area contributed by atoms with Gasteiger partial charge < -0.3 is 5.32 Å². The molecule has 4 rings (SSSR count). The second-order valence-corrected chi connectivity index (χ2v) is 7.39. The number of benzene rings is 1. The molecule has 3 heterocycles. The number of nitrogens with zero attached hydrogens (tertiary/aromatic N) is 4. The van der Waals surface area contributed by atoms with Crippen LogP contribution in [0, 0.1) is 0 Å². The molecule has 0 saturated carbocycles. The van der Waals surface area contributed by atoms with Crippen molar-refractivity contribution in [3.63, 3.8) is 0 Å². The molecule has 6 heteroatoms. The fourth-order valence-corrected chi connectivity index (χ4v) is 3.75. The van der Waals surface area contributed by atoms with Crippen molar-refractivity contribution >= 4 is 5.91 Å². The molecule has 28 heavy (non-hydrogen) atoms. The molecule has 6 nitrogen and oxygen atoms in total. The Bertz CT molecular complexity index is 937. The molecule has 0 bridgehead atoms. The number of aromatic nitrogens is 3. The predicted octanol–water partition coefficient (Wildman–Crippen LogP) is 2.88. The largest absolute Gasteiger partial charge is 0.348 e. The Hall–Kier alpha value is -2.99. The van der Waals surface area contributed by atoms with E-state index in [2.05, 4.69) is 26.4 Å². The fourth-order valence-electron chi connectivity index (χ4n) is 3.75. The molecule has 1 N–H and O–H groups in total. The number of likely N-dealkylation sites (tertiary alicyclic amines) is 1. The Morgan fingerprint density at radius 2 is 2.14 bits per heavy atom. The lowest BCUT2D eigenvalue weighted by atomic mass is 10.0. The van der Waals surface area contributed by atoms with E-state index in [1.807, 2.05) is 56.0 Å². The number of hydrogen-bond donors (Lipinski definition) is 1. The summed E-state index contributed by atoms with van der Waals surface area (Å²) in [7, 11) is 1.89. The van der Waals surface area contributed by atoms with Crippen LogP contribution in [0.5, 0.6) is 0 Å². The Morgan fingerprint density at radius 3 is 2.93 bits per heavy atom. The van der Waals surface area contributed by atoms with Gasteiger partial charge in [-0.1, -0.05) is 18.2 Å². The van der Waals surface area contributed by atoms with Crippen LogP contribution in [-0.4, -0.2) is 44.7 Å². The Kier molecular flexibility index (Phi) is 5.48. The van der Waals surface area contributed by atoms with Crippen LogP contribution in [0.15, 0.2) is 61.2 Å². The molecule has 1 saturated heterocycles. The number of amides is 1. The van der Waals surface area contributed by atoms with Gasteiger partial charge in [0.2, 0.25) is 0 Å². The van der Waals surface area contributed by atoms with Gasteiger partial charge in [-0.3, -0.25) is 19.4 Å². The zero-order chi connectivity index (χ0) is 19.3. The average Bonchev–Trinajstić information content (AvgIpc) is 3.16. The summed E-state index contributed by atoms with van der Waals surface area (Å²) in [6, 6.07) is 12.0. The summed E-state index contributed by atoms with van der Waals surface area (Å²) in [5, 5.41) is 7.43. The van der Waals surface area contributed by atoms with Gasteiger partial charge in [-0.2, -0.15) is 5.10 Å². The summed E-state index contributed by atoms with van der Waals surface area (Å²) in [5.74, 6) is -0.0148. The van der Waals surface area contributed by atoms with Crippen molar-refractivity contribution in [3.05, 3.63) is 72.3 Å². The number of carbonyl (C=O) groups is 1. The standard InChI is InChI=1S/C22H25N5O/c1-26-15-20(13-24-26)18-6-2-7-19(11-18)22(28)25-21-8-4-10-27(16-21)14-17-5-3-9-23-12-17/h2-3,5-7,9,11-13,15,21H,4,8,10,14,16H2,1H3,(H,25,28). The maximum atomic E-state index is 12.8. The van der Waals surface area contributed by atoms with Gasteiger partial charge >= 0.3 is 0 Å². The first-order valence-electron chi connectivity index (χ1n) is 9.68. The van der Waals surface area contributed by atoms with Gasteiger partial charge in [-0.05, 0) is 48.7 Å². The first-order valence-corrected chi connectivity index (χ1v) is 9.68. The third-order valence-corrected chi connectivity index (χ3v) is 5.13. The molecule has 2 aromatic heterocycles. The number of pyridine rings is 1. The minimum atomic E-state index is -0.0148. The SMILES string of the molecule is Cn1cc(-c2cccc(C(=O)NC3CCCN(Cc4cccnc4)C3)c2)cn1. The van der Waals surface area contributed by atoms with E-state index in [4.69, 9.17) is 0 Å². The summed E-state index contributed by atoms with van der Waals surface area (Å²) in [6.07, 6.45) is 9.57. The Labute approximate surface area is 165 Å². The van der Waals surface area contributed by atoms with Crippen molar-refractivity contribution in [2.75, 3.05) is 13.1 Å². The molecule has 1 atom stereocenters. The molecule has 0 spiro atoms. The van der Waals surface area contributed by atoms with Crippen LogP contribution in [0.25, 0.3) is 11.1 Å². The first-order chi connectivity index (χ1) is 13.7. The van der Waals surface area contributed by atoms with Gasteiger partial charge in [0.1, 0.15) is 0 Å². The van der Waals surface area contributed by atoms with Gasteiger partial charge in [0.15, 0.2) is 0 Å². The van der Waals surface area contributed by atoms with Crippen LogP contribution in [-0.2, 0) is 13.6 Å². The molecule has 3 aromatic rings. The molecule has 144 valence electrons. The van der Waals surface area contributed by atoms with Crippen molar-refractivity contribution in [3.8, 4) is 11.1 Å². The molecule has 0 aliphatic carbocycles. The highest BCUT2D eigenvalue weighted by Gasteiger charge is 2.22. The third kappa shape index (κ3) is 4.46. The van der Waals surface area contributed by atoms with Crippen LogP contribution < -0.4 is 5.32 Å². The van der Waals surface area contributed by atoms with E-state index in [9.17, 15) is 4.79 Å². The van der Waals surface area contributed by atoms with E-state index in [-0.39, 0.29) is 11.9 Å². The maximum absolute atomic E-state index is 12.8. The second-order valence-electron chi connectivity index (χ2n) is 7.39. The van der Waals surface area contributed by atoms with Gasteiger partial charge in [-0.25, -0.2) is 0 Å². The van der Waals surface area contributed by atoms with Gasteiger partial charge in [0, 0.05) is 55.9 Å². The summed E-state index contributed by atoms with van der Waals surface area (Å²) < 4.78 is 1.76. The van der Waals surface area contributed by atoms with E-state index in [0.29, 0.717) is 5.56 Å². The lowest BCUT2D eigenvalue weighted by molar-refractivity contribution is 0.0901. The van der Waals surface area contributed by atoms with E-state index in [0.717, 1.165) is 43.6 Å². The summed E-state index contributed by atoms with van der Waals surface area (Å²) in [6.45, 7) is 2.79. The highest BCUT2D eigenvalue weighted by atomic mass is 16.1. The predicted molar refractivity (Wildman–Crippen MR) is 109 cm³/mol. The van der Waals surface area contributed by atoms with Crippen molar-refractivity contribution in [1.82, 2.24) is 25.0 Å². The Balaban J connectivity index is 1.39. The molecule has 1 aliphatic rings. The minimum absolute atomic E-state index is 0.0148. The van der Waals surface area contributed by atoms with Gasteiger partial charge in [0.05, 0.1) is 6.20 Å². The number of hydrogen-bond acceptors (Lipinski definition) is 4. The van der Waals surface area contributed by atoms with Crippen LogP contribution in [0.3, 0.4) is 0 Å². The normalized spacial score (nSPS) is 17.4. The first kappa shape index (κ1) is 18.4. The van der Waals surface area contributed by atoms with Crippen LogP contribution >= 0.6 is 0 Å². The van der Waals surface area contributed by atoms with Crippen molar-refractivity contribution in [2.24, 2.45) is 7.05 Å². The van der Waals surface area contributed by atoms with Crippen LogP contribution in [0.4, 0.5) is 0 Å². The molecule has 1 aromatic carbocycles. The highest BCUT2D eigenvalue weighted by molar-refractivity contribution is 5.95. The van der Waals surface area contributed by atoms with Crippen LogP contribution in [0.1, 0.15) is 28.8 Å².